The molecule has 114 valence electrons. The largest absolute Gasteiger partial charge is 0.478 e. The summed E-state index contributed by atoms with van der Waals surface area (Å²) in [6.07, 6.45) is 1.38. The van der Waals surface area contributed by atoms with E-state index >= 15 is 0 Å². The number of amides is 1. The predicted octanol–water partition coefficient (Wildman–Crippen LogP) is 2.62. The van der Waals surface area contributed by atoms with E-state index in [-0.39, 0.29) is 23.1 Å². The van der Waals surface area contributed by atoms with Crippen molar-refractivity contribution in [2.75, 3.05) is 5.73 Å². The van der Waals surface area contributed by atoms with Crippen LogP contribution in [0.2, 0.25) is 0 Å². The number of carbonyl (C=O) groups is 2. The van der Waals surface area contributed by atoms with Crippen LogP contribution in [0.15, 0.2) is 41.1 Å². The Bertz CT molecular complexity index is 734. The van der Waals surface area contributed by atoms with Crippen LogP contribution in [0.25, 0.3) is 0 Å². The molecule has 2 aromatic rings. The van der Waals surface area contributed by atoms with Gasteiger partial charge in [-0.3, -0.25) is 4.79 Å². The second-order valence-corrected chi connectivity index (χ2v) is 5.53. The van der Waals surface area contributed by atoms with Crippen LogP contribution in [-0.4, -0.2) is 22.0 Å². The molecule has 2 rings (SSSR count). The molecule has 0 bridgehead atoms. The van der Waals surface area contributed by atoms with Crippen molar-refractivity contribution in [3.8, 4) is 0 Å². The van der Waals surface area contributed by atoms with Gasteiger partial charge in [-0.15, -0.1) is 0 Å². The third kappa shape index (κ3) is 3.62. The number of nitrogens with zero attached hydrogens (tertiary/aromatic N) is 1. The number of anilines is 1. The number of nitrogen functional groups attached to an aromatic ring is 1. The maximum Gasteiger partial charge on any atom is 0.335 e. The van der Waals surface area contributed by atoms with E-state index in [1.54, 1.807) is 25.1 Å². The number of aromatic carboxylic acids is 1. The van der Waals surface area contributed by atoms with E-state index in [1.165, 1.54) is 18.3 Å². The Morgan fingerprint density at radius 1 is 1.36 bits per heavy atom. The molecule has 6 nitrogen and oxygen atoms in total. The van der Waals surface area contributed by atoms with Crippen LogP contribution < -0.4 is 11.1 Å². The molecule has 0 aliphatic rings. The topological polar surface area (TPSA) is 105 Å². The van der Waals surface area contributed by atoms with Crippen molar-refractivity contribution in [2.45, 2.75) is 13.0 Å². The molecule has 1 aromatic heterocycles. The first kappa shape index (κ1) is 16.0. The standard InChI is InChI=1S/C15H14BrN3O3/c1-8(9-3-2-4-10(5-9)15(21)22)19-14(20)11-7-18-13(16)6-12(11)17/h2-8H,1H3,(H2,17,18)(H,19,20)(H,21,22)/t8-/m1/s1. The van der Waals surface area contributed by atoms with Gasteiger partial charge in [-0.05, 0) is 46.6 Å². The van der Waals surface area contributed by atoms with Crippen molar-refractivity contribution < 1.29 is 14.7 Å². The maximum atomic E-state index is 12.2. The zero-order chi connectivity index (χ0) is 16.3. The quantitative estimate of drug-likeness (QED) is 0.724. The van der Waals surface area contributed by atoms with Crippen LogP contribution in [0.1, 0.15) is 39.2 Å². The number of nitrogens with one attached hydrogen (secondary N) is 1. The maximum absolute atomic E-state index is 12.2. The number of carboxylic acids is 1. The molecular weight excluding hydrogens is 350 g/mol. The van der Waals surface area contributed by atoms with E-state index in [1.807, 2.05) is 0 Å². The summed E-state index contributed by atoms with van der Waals surface area (Å²) in [6, 6.07) is 7.59. The minimum absolute atomic E-state index is 0.170. The molecular formula is C15H14BrN3O3. The zero-order valence-corrected chi connectivity index (χ0v) is 13.3. The van der Waals surface area contributed by atoms with Gasteiger partial charge in [-0.25, -0.2) is 9.78 Å². The molecule has 0 fully saturated rings. The summed E-state index contributed by atoms with van der Waals surface area (Å²) >= 11 is 3.18. The van der Waals surface area contributed by atoms with Gasteiger partial charge in [-0.2, -0.15) is 0 Å². The summed E-state index contributed by atoms with van der Waals surface area (Å²) in [6.45, 7) is 1.77. The Hall–Kier alpha value is -2.41. The van der Waals surface area contributed by atoms with Crippen molar-refractivity contribution in [3.63, 3.8) is 0 Å². The van der Waals surface area contributed by atoms with E-state index < -0.39 is 5.97 Å². The molecule has 1 atom stereocenters. The normalized spacial score (nSPS) is 11.7. The summed E-state index contributed by atoms with van der Waals surface area (Å²) < 4.78 is 0.545. The van der Waals surface area contributed by atoms with Gasteiger partial charge in [0.25, 0.3) is 5.91 Å². The van der Waals surface area contributed by atoms with Crippen molar-refractivity contribution in [1.29, 1.82) is 0 Å². The van der Waals surface area contributed by atoms with E-state index in [2.05, 4.69) is 26.2 Å². The van der Waals surface area contributed by atoms with Gasteiger partial charge in [0.05, 0.1) is 17.2 Å². The van der Waals surface area contributed by atoms with Gasteiger partial charge in [0.15, 0.2) is 0 Å². The number of carboxylic acid groups (broad SMARTS) is 1. The molecule has 7 heteroatoms. The summed E-state index contributed by atoms with van der Waals surface area (Å²) in [5, 5.41) is 11.8. The molecule has 1 heterocycles. The second-order valence-electron chi connectivity index (χ2n) is 4.72. The zero-order valence-electron chi connectivity index (χ0n) is 11.7. The summed E-state index contributed by atoms with van der Waals surface area (Å²) in [5.41, 5.74) is 7.23. The fourth-order valence-corrected chi connectivity index (χ4v) is 2.28. The first-order valence-electron chi connectivity index (χ1n) is 6.43. The van der Waals surface area contributed by atoms with Crippen LogP contribution in [0.4, 0.5) is 5.69 Å². The van der Waals surface area contributed by atoms with Crippen LogP contribution in [0.3, 0.4) is 0 Å². The molecule has 1 aromatic carbocycles. The fraction of sp³-hybridized carbons (Fsp3) is 0.133. The molecule has 0 spiro atoms. The van der Waals surface area contributed by atoms with Gasteiger partial charge < -0.3 is 16.2 Å². The highest BCUT2D eigenvalue weighted by atomic mass is 79.9. The fourth-order valence-electron chi connectivity index (χ4n) is 1.93. The third-order valence-corrected chi connectivity index (χ3v) is 3.56. The summed E-state index contributed by atoms with van der Waals surface area (Å²) in [5.74, 6) is -1.38. The average molecular weight is 364 g/mol. The number of rotatable bonds is 4. The average Bonchev–Trinajstić information content (AvgIpc) is 2.47. The first-order valence-corrected chi connectivity index (χ1v) is 7.23. The van der Waals surface area contributed by atoms with Crippen LogP contribution in [-0.2, 0) is 0 Å². The van der Waals surface area contributed by atoms with Gasteiger partial charge in [-0.1, -0.05) is 12.1 Å². The Labute approximate surface area is 135 Å². The van der Waals surface area contributed by atoms with Crippen molar-refractivity contribution >= 4 is 33.5 Å². The Kier molecular flexibility index (Phi) is 4.77. The highest BCUT2D eigenvalue weighted by molar-refractivity contribution is 9.10. The molecule has 1 amide bonds. The van der Waals surface area contributed by atoms with E-state index in [9.17, 15) is 9.59 Å². The summed E-state index contributed by atoms with van der Waals surface area (Å²) in [7, 11) is 0. The van der Waals surface area contributed by atoms with Crippen LogP contribution >= 0.6 is 15.9 Å². The number of benzene rings is 1. The van der Waals surface area contributed by atoms with Crippen molar-refractivity contribution in [1.82, 2.24) is 10.3 Å². The first-order chi connectivity index (χ1) is 10.4. The number of nitrogens with two attached hydrogens (primary N) is 1. The molecule has 0 saturated carbocycles. The number of pyridine rings is 1. The number of carbonyl (C=O) groups excluding carboxylic acids is 1. The number of halogens is 1. The van der Waals surface area contributed by atoms with E-state index in [0.717, 1.165) is 0 Å². The Morgan fingerprint density at radius 2 is 2.09 bits per heavy atom. The molecule has 0 radical (unpaired) electrons. The van der Waals surface area contributed by atoms with Crippen molar-refractivity contribution in [2.24, 2.45) is 0 Å². The van der Waals surface area contributed by atoms with Crippen molar-refractivity contribution in [3.05, 3.63) is 57.8 Å². The highest BCUT2D eigenvalue weighted by Crippen LogP contribution is 2.18. The highest BCUT2D eigenvalue weighted by Gasteiger charge is 2.15. The summed E-state index contributed by atoms with van der Waals surface area (Å²) in [4.78, 5) is 27.2. The van der Waals surface area contributed by atoms with Gasteiger partial charge in [0, 0.05) is 11.9 Å². The molecule has 0 aliphatic heterocycles. The minimum atomic E-state index is -1.01. The molecule has 22 heavy (non-hydrogen) atoms. The second kappa shape index (κ2) is 6.57. The monoisotopic (exact) mass is 363 g/mol. The molecule has 4 N–H and O–H groups in total. The van der Waals surface area contributed by atoms with Gasteiger partial charge in [0.2, 0.25) is 0 Å². The lowest BCUT2D eigenvalue weighted by atomic mass is 10.0. The lowest BCUT2D eigenvalue weighted by molar-refractivity contribution is 0.0696. The van der Waals surface area contributed by atoms with E-state index in [4.69, 9.17) is 10.8 Å². The lowest BCUT2D eigenvalue weighted by Gasteiger charge is -2.15. The molecule has 0 aliphatic carbocycles. The number of hydrogen-bond acceptors (Lipinski definition) is 4. The Balaban J connectivity index is 2.17. The van der Waals surface area contributed by atoms with Crippen LogP contribution in [0.5, 0.6) is 0 Å². The molecule has 0 unspecified atom stereocenters. The van der Waals surface area contributed by atoms with Gasteiger partial charge >= 0.3 is 5.97 Å². The smallest absolute Gasteiger partial charge is 0.335 e. The number of aromatic nitrogens is 1. The predicted molar refractivity (Wildman–Crippen MR) is 85.6 cm³/mol. The Morgan fingerprint density at radius 3 is 2.73 bits per heavy atom. The van der Waals surface area contributed by atoms with E-state index in [0.29, 0.717) is 15.9 Å². The van der Waals surface area contributed by atoms with Gasteiger partial charge in [0.1, 0.15) is 4.60 Å². The minimum Gasteiger partial charge on any atom is -0.478 e. The third-order valence-electron chi connectivity index (χ3n) is 3.13. The SMILES string of the molecule is C[C@@H](NC(=O)c1cnc(Br)cc1N)c1cccc(C(=O)O)c1. The number of hydrogen-bond donors (Lipinski definition) is 3. The molecule has 0 saturated heterocycles. The lowest BCUT2D eigenvalue weighted by Crippen LogP contribution is -2.27. The van der Waals surface area contributed by atoms with Crippen LogP contribution in [0, 0.1) is 0 Å².